The summed E-state index contributed by atoms with van der Waals surface area (Å²) in [6.07, 6.45) is 4.02. The highest BCUT2D eigenvalue weighted by Gasteiger charge is 2.23. The van der Waals surface area contributed by atoms with Crippen LogP contribution in [0.15, 0.2) is 18.2 Å². The van der Waals surface area contributed by atoms with Gasteiger partial charge in [-0.2, -0.15) is 0 Å². The van der Waals surface area contributed by atoms with E-state index in [2.05, 4.69) is 11.4 Å². The minimum atomic E-state index is 0.279. The molecule has 0 radical (unpaired) electrons. The second-order valence-electron chi connectivity index (χ2n) is 5.79. The first-order valence-corrected chi connectivity index (χ1v) is 7.88. The number of likely N-dealkylation sites (tertiary alicyclic amines) is 1. The lowest BCUT2D eigenvalue weighted by Gasteiger charge is -2.27. The van der Waals surface area contributed by atoms with Crippen LogP contribution in [0, 0.1) is 0 Å². The lowest BCUT2D eigenvalue weighted by Crippen LogP contribution is -2.28. The van der Waals surface area contributed by atoms with Gasteiger partial charge in [0.15, 0.2) is 0 Å². The highest BCUT2D eigenvalue weighted by atomic mass is 35.5. The standard InChI is InChI=1S/C16H21ClN2O/c17-14-3-4-15(12-5-7-18-8-6-12)13(10-14)11-19-9-1-2-16(19)20/h3-4,10,12,18H,1-2,5-9,11H2. The Morgan fingerprint density at radius 1 is 1.30 bits per heavy atom. The van der Waals surface area contributed by atoms with Gasteiger partial charge in [-0.05, 0) is 61.5 Å². The molecule has 0 atom stereocenters. The summed E-state index contributed by atoms with van der Waals surface area (Å²) in [5.74, 6) is 0.877. The van der Waals surface area contributed by atoms with Gasteiger partial charge in [-0.1, -0.05) is 17.7 Å². The van der Waals surface area contributed by atoms with Crippen molar-refractivity contribution in [2.45, 2.75) is 38.1 Å². The van der Waals surface area contributed by atoms with Crippen LogP contribution in [0.3, 0.4) is 0 Å². The molecule has 1 amide bonds. The number of carbonyl (C=O) groups excluding carboxylic acids is 1. The predicted octanol–water partition coefficient (Wildman–Crippen LogP) is 2.93. The third-order valence-corrected chi connectivity index (χ3v) is 4.65. The Labute approximate surface area is 125 Å². The molecule has 2 heterocycles. The maximum atomic E-state index is 11.8. The van der Waals surface area contributed by atoms with Crippen molar-refractivity contribution in [2.75, 3.05) is 19.6 Å². The maximum absolute atomic E-state index is 11.8. The fourth-order valence-electron chi connectivity index (χ4n) is 3.32. The number of rotatable bonds is 3. The van der Waals surface area contributed by atoms with E-state index in [0.717, 1.165) is 37.6 Å². The van der Waals surface area contributed by atoms with E-state index in [9.17, 15) is 4.79 Å². The van der Waals surface area contributed by atoms with E-state index in [4.69, 9.17) is 11.6 Å². The van der Waals surface area contributed by atoms with Crippen molar-refractivity contribution < 1.29 is 4.79 Å². The van der Waals surface area contributed by atoms with Gasteiger partial charge in [-0.15, -0.1) is 0 Å². The Balaban J connectivity index is 1.83. The van der Waals surface area contributed by atoms with Crippen LogP contribution in [-0.4, -0.2) is 30.4 Å². The minimum absolute atomic E-state index is 0.279. The van der Waals surface area contributed by atoms with Gasteiger partial charge in [0, 0.05) is 24.5 Å². The first-order valence-electron chi connectivity index (χ1n) is 7.51. The van der Waals surface area contributed by atoms with Gasteiger partial charge < -0.3 is 10.2 Å². The molecule has 0 unspecified atom stereocenters. The SMILES string of the molecule is O=C1CCCN1Cc1cc(Cl)ccc1C1CCNCC1. The molecule has 1 N–H and O–H groups in total. The molecular formula is C16H21ClN2O. The Morgan fingerprint density at radius 3 is 2.80 bits per heavy atom. The topological polar surface area (TPSA) is 32.3 Å². The number of amides is 1. The number of piperidine rings is 1. The molecule has 2 aliphatic heterocycles. The summed E-state index contributed by atoms with van der Waals surface area (Å²) in [6, 6.07) is 6.19. The van der Waals surface area contributed by atoms with Gasteiger partial charge in [-0.25, -0.2) is 0 Å². The fraction of sp³-hybridized carbons (Fsp3) is 0.562. The molecule has 1 aromatic carbocycles. The van der Waals surface area contributed by atoms with E-state index in [1.54, 1.807) is 0 Å². The zero-order valence-electron chi connectivity index (χ0n) is 11.7. The van der Waals surface area contributed by atoms with Gasteiger partial charge >= 0.3 is 0 Å². The lowest BCUT2D eigenvalue weighted by atomic mass is 9.87. The molecule has 20 heavy (non-hydrogen) atoms. The molecule has 0 aromatic heterocycles. The van der Waals surface area contributed by atoms with E-state index in [1.165, 1.54) is 24.0 Å². The number of carbonyl (C=O) groups is 1. The molecule has 4 heteroatoms. The molecule has 108 valence electrons. The van der Waals surface area contributed by atoms with Crippen molar-refractivity contribution in [3.05, 3.63) is 34.3 Å². The van der Waals surface area contributed by atoms with Crippen LogP contribution in [0.25, 0.3) is 0 Å². The van der Waals surface area contributed by atoms with E-state index in [1.807, 2.05) is 17.0 Å². The van der Waals surface area contributed by atoms with Crippen LogP contribution in [0.5, 0.6) is 0 Å². The van der Waals surface area contributed by atoms with Crippen molar-refractivity contribution in [1.82, 2.24) is 10.2 Å². The third kappa shape index (κ3) is 2.99. The van der Waals surface area contributed by atoms with Crippen LogP contribution in [0.4, 0.5) is 0 Å². The van der Waals surface area contributed by atoms with Crippen molar-refractivity contribution >= 4 is 17.5 Å². The highest BCUT2D eigenvalue weighted by molar-refractivity contribution is 6.30. The van der Waals surface area contributed by atoms with Crippen LogP contribution in [-0.2, 0) is 11.3 Å². The Morgan fingerprint density at radius 2 is 2.10 bits per heavy atom. The Bertz CT molecular complexity index is 497. The molecule has 0 bridgehead atoms. The minimum Gasteiger partial charge on any atom is -0.338 e. The summed E-state index contributed by atoms with van der Waals surface area (Å²) < 4.78 is 0. The fourth-order valence-corrected chi connectivity index (χ4v) is 3.51. The average molecular weight is 293 g/mol. The Kier molecular flexibility index (Phi) is 4.27. The van der Waals surface area contributed by atoms with E-state index in [-0.39, 0.29) is 5.91 Å². The summed E-state index contributed by atoms with van der Waals surface area (Å²) in [4.78, 5) is 13.8. The second kappa shape index (κ2) is 6.15. The molecule has 0 saturated carbocycles. The molecule has 2 aliphatic rings. The summed E-state index contributed by atoms with van der Waals surface area (Å²) in [5, 5.41) is 4.17. The normalized spacial score (nSPS) is 20.6. The number of nitrogens with zero attached hydrogens (tertiary/aromatic N) is 1. The van der Waals surface area contributed by atoms with E-state index in [0.29, 0.717) is 12.3 Å². The summed E-state index contributed by atoms with van der Waals surface area (Å²) in [6.45, 7) is 3.76. The molecule has 2 saturated heterocycles. The monoisotopic (exact) mass is 292 g/mol. The lowest BCUT2D eigenvalue weighted by molar-refractivity contribution is -0.128. The first-order chi connectivity index (χ1) is 9.74. The average Bonchev–Trinajstić information content (AvgIpc) is 2.85. The smallest absolute Gasteiger partial charge is 0.222 e. The summed E-state index contributed by atoms with van der Waals surface area (Å²) in [7, 11) is 0. The number of nitrogens with one attached hydrogen (secondary N) is 1. The predicted molar refractivity (Wildman–Crippen MR) is 80.9 cm³/mol. The number of hydrogen-bond acceptors (Lipinski definition) is 2. The van der Waals surface area contributed by atoms with Gasteiger partial charge in [0.1, 0.15) is 0 Å². The van der Waals surface area contributed by atoms with Crippen LogP contribution in [0.2, 0.25) is 5.02 Å². The van der Waals surface area contributed by atoms with Crippen molar-refractivity contribution in [3.63, 3.8) is 0 Å². The number of hydrogen-bond donors (Lipinski definition) is 1. The van der Waals surface area contributed by atoms with Crippen LogP contribution < -0.4 is 5.32 Å². The molecule has 0 spiro atoms. The molecule has 2 fully saturated rings. The van der Waals surface area contributed by atoms with Crippen molar-refractivity contribution in [1.29, 1.82) is 0 Å². The van der Waals surface area contributed by atoms with Gasteiger partial charge in [0.05, 0.1) is 0 Å². The highest BCUT2D eigenvalue weighted by Crippen LogP contribution is 2.31. The van der Waals surface area contributed by atoms with Crippen LogP contribution >= 0.6 is 11.6 Å². The van der Waals surface area contributed by atoms with Crippen LogP contribution in [0.1, 0.15) is 42.7 Å². The maximum Gasteiger partial charge on any atom is 0.222 e. The zero-order chi connectivity index (χ0) is 13.9. The number of halogens is 1. The third-order valence-electron chi connectivity index (χ3n) is 4.42. The quantitative estimate of drug-likeness (QED) is 0.929. The van der Waals surface area contributed by atoms with Crippen molar-refractivity contribution in [2.24, 2.45) is 0 Å². The summed E-state index contributed by atoms with van der Waals surface area (Å²) >= 11 is 6.16. The second-order valence-corrected chi connectivity index (χ2v) is 6.22. The van der Waals surface area contributed by atoms with E-state index < -0.39 is 0 Å². The summed E-state index contributed by atoms with van der Waals surface area (Å²) in [5.41, 5.74) is 2.62. The zero-order valence-corrected chi connectivity index (χ0v) is 12.5. The van der Waals surface area contributed by atoms with Gasteiger partial charge in [0.2, 0.25) is 5.91 Å². The van der Waals surface area contributed by atoms with Gasteiger partial charge in [-0.3, -0.25) is 4.79 Å². The molecular weight excluding hydrogens is 272 g/mol. The molecule has 1 aromatic rings. The van der Waals surface area contributed by atoms with E-state index >= 15 is 0 Å². The molecule has 3 rings (SSSR count). The Hall–Kier alpha value is -1.06. The largest absolute Gasteiger partial charge is 0.338 e. The number of benzene rings is 1. The first kappa shape index (κ1) is 13.9. The van der Waals surface area contributed by atoms with Gasteiger partial charge in [0.25, 0.3) is 0 Å². The molecule has 3 nitrogen and oxygen atoms in total. The van der Waals surface area contributed by atoms with Crippen molar-refractivity contribution in [3.8, 4) is 0 Å². The molecule has 0 aliphatic carbocycles.